The van der Waals surface area contributed by atoms with Crippen molar-refractivity contribution in [2.24, 2.45) is 0 Å². The van der Waals surface area contributed by atoms with Crippen molar-refractivity contribution in [1.29, 1.82) is 0 Å². The molecule has 8 heteroatoms. The number of aliphatic hydroxyl groups is 1. The zero-order valence-corrected chi connectivity index (χ0v) is 13.4. The minimum atomic E-state index is -4.58. The molecular weight excluding hydrogens is 321 g/mol. The molecule has 24 heavy (non-hydrogen) atoms. The van der Waals surface area contributed by atoms with Gasteiger partial charge in [-0.1, -0.05) is 29.8 Å². The molecule has 0 spiro atoms. The Morgan fingerprint density at radius 2 is 1.96 bits per heavy atom. The van der Waals surface area contributed by atoms with Gasteiger partial charge in [-0.3, -0.25) is 0 Å². The second kappa shape index (κ2) is 7.48. The van der Waals surface area contributed by atoms with Crippen LogP contribution in [-0.2, 0) is 12.7 Å². The van der Waals surface area contributed by atoms with Crippen molar-refractivity contribution in [1.82, 2.24) is 9.97 Å². The number of benzene rings is 1. The zero-order chi connectivity index (χ0) is 17.7. The van der Waals surface area contributed by atoms with Gasteiger partial charge in [-0.05, 0) is 19.4 Å². The van der Waals surface area contributed by atoms with E-state index in [2.05, 4.69) is 20.6 Å². The average Bonchev–Trinajstić information content (AvgIpc) is 2.52. The third kappa shape index (κ3) is 5.09. The maximum absolute atomic E-state index is 13.0. The van der Waals surface area contributed by atoms with Crippen LogP contribution in [0, 0.1) is 6.92 Å². The van der Waals surface area contributed by atoms with Gasteiger partial charge >= 0.3 is 6.18 Å². The Hall–Kier alpha value is -2.35. The molecule has 2 aromatic rings. The summed E-state index contributed by atoms with van der Waals surface area (Å²) in [6.07, 6.45) is -4.58. The van der Waals surface area contributed by atoms with Gasteiger partial charge in [0.15, 0.2) is 5.69 Å². The second-order valence-electron chi connectivity index (χ2n) is 5.53. The van der Waals surface area contributed by atoms with Crippen molar-refractivity contribution in [3.63, 3.8) is 0 Å². The normalized spacial score (nSPS) is 12.8. The Morgan fingerprint density at radius 1 is 1.21 bits per heavy atom. The van der Waals surface area contributed by atoms with E-state index in [1.165, 1.54) is 0 Å². The number of anilines is 2. The maximum Gasteiger partial charge on any atom is 0.433 e. The molecule has 0 aliphatic carbocycles. The topological polar surface area (TPSA) is 70.1 Å². The van der Waals surface area contributed by atoms with Crippen LogP contribution in [0.15, 0.2) is 30.3 Å². The summed E-state index contributed by atoms with van der Waals surface area (Å²) in [6, 6.07) is 8.03. The number of rotatable bonds is 6. The molecule has 130 valence electrons. The Bertz CT molecular complexity index is 691. The summed E-state index contributed by atoms with van der Waals surface area (Å²) in [5, 5.41) is 14.5. The number of hydrogen-bond acceptors (Lipinski definition) is 5. The third-order valence-corrected chi connectivity index (χ3v) is 3.22. The molecule has 0 saturated heterocycles. The molecule has 1 heterocycles. The van der Waals surface area contributed by atoms with E-state index in [0.717, 1.165) is 17.2 Å². The molecule has 0 fully saturated rings. The lowest BCUT2D eigenvalue weighted by molar-refractivity contribution is -0.141. The van der Waals surface area contributed by atoms with E-state index < -0.39 is 17.9 Å². The van der Waals surface area contributed by atoms with Crippen molar-refractivity contribution in [3.05, 3.63) is 47.2 Å². The molecule has 5 nitrogen and oxygen atoms in total. The predicted octanol–water partition coefficient (Wildman–Crippen LogP) is 3.21. The van der Waals surface area contributed by atoms with Crippen LogP contribution in [0.1, 0.15) is 23.7 Å². The van der Waals surface area contributed by atoms with E-state index in [-0.39, 0.29) is 18.4 Å². The highest BCUT2D eigenvalue weighted by molar-refractivity contribution is 5.44. The number of alkyl halides is 3. The first kappa shape index (κ1) is 18.0. The lowest BCUT2D eigenvalue weighted by Crippen LogP contribution is -2.22. The minimum absolute atomic E-state index is 0.0615. The number of aromatic nitrogens is 2. The smallest absolute Gasteiger partial charge is 0.394 e. The first-order valence-electron chi connectivity index (χ1n) is 7.41. The third-order valence-electron chi connectivity index (χ3n) is 3.22. The van der Waals surface area contributed by atoms with Gasteiger partial charge in [0.25, 0.3) is 0 Å². The fourth-order valence-corrected chi connectivity index (χ4v) is 2.03. The molecule has 0 bridgehead atoms. The number of aryl methyl sites for hydroxylation is 1. The van der Waals surface area contributed by atoms with Gasteiger partial charge in [-0.15, -0.1) is 0 Å². The molecule has 0 saturated carbocycles. The summed E-state index contributed by atoms with van der Waals surface area (Å²) in [4.78, 5) is 7.49. The van der Waals surface area contributed by atoms with Crippen LogP contribution >= 0.6 is 0 Å². The van der Waals surface area contributed by atoms with Crippen LogP contribution in [-0.4, -0.2) is 27.7 Å². The van der Waals surface area contributed by atoms with Gasteiger partial charge in [0, 0.05) is 18.7 Å². The molecular formula is C16H19F3N4O. The summed E-state index contributed by atoms with van der Waals surface area (Å²) in [6.45, 7) is 3.65. The highest BCUT2D eigenvalue weighted by atomic mass is 19.4. The van der Waals surface area contributed by atoms with Gasteiger partial charge in [0.1, 0.15) is 5.82 Å². The van der Waals surface area contributed by atoms with Crippen LogP contribution in [0.5, 0.6) is 0 Å². The lowest BCUT2D eigenvalue weighted by atomic mass is 10.1. The molecule has 0 unspecified atom stereocenters. The van der Waals surface area contributed by atoms with Gasteiger partial charge in [-0.25, -0.2) is 4.98 Å². The fraction of sp³-hybridized carbons (Fsp3) is 0.375. The molecule has 1 atom stereocenters. The minimum Gasteiger partial charge on any atom is -0.394 e. The van der Waals surface area contributed by atoms with Crippen LogP contribution in [0.2, 0.25) is 0 Å². The standard InChI is InChI=1S/C16H19F3N4O/c1-10-4-3-5-12(6-10)8-20-14-7-13(16(17,18)19)22-15(23-14)21-11(2)9-24/h3-7,11,24H,8-9H2,1-2H3,(H2,20,21,22,23)/t11-/m1/s1. The van der Waals surface area contributed by atoms with Crippen molar-refractivity contribution in [2.75, 3.05) is 17.2 Å². The average molecular weight is 340 g/mol. The van der Waals surface area contributed by atoms with Gasteiger partial charge in [-0.2, -0.15) is 18.2 Å². The molecule has 1 aromatic heterocycles. The molecule has 0 radical (unpaired) electrons. The van der Waals surface area contributed by atoms with Crippen LogP contribution in [0.4, 0.5) is 24.9 Å². The molecule has 0 amide bonds. The molecule has 0 aliphatic rings. The van der Waals surface area contributed by atoms with Crippen molar-refractivity contribution in [2.45, 2.75) is 32.6 Å². The second-order valence-corrected chi connectivity index (χ2v) is 5.53. The fourth-order valence-electron chi connectivity index (χ4n) is 2.03. The number of nitrogens with zero attached hydrogens (tertiary/aromatic N) is 2. The summed E-state index contributed by atoms with van der Waals surface area (Å²) in [5.74, 6) is -0.121. The van der Waals surface area contributed by atoms with Crippen LogP contribution in [0.3, 0.4) is 0 Å². The Labute approximate surface area is 138 Å². The van der Waals surface area contributed by atoms with E-state index in [9.17, 15) is 13.2 Å². The first-order valence-corrected chi connectivity index (χ1v) is 7.41. The van der Waals surface area contributed by atoms with Crippen LogP contribution in [0.25, 0.3) is 0 Å². The van der Waals surface area contributed by atoms with Gasteiger partial charge < -0.3 is 15.7 Å². The molecule has 0 aliphatic heterocycles. The summed E-state index contributed by atoms with van der Waals surface area (Å²) in [5.41, 5.74) is 0.949. The van der Waals surface area contributed by atoms with E-state index in [4.69, 9.17) is 5.11 Å². The first-order chi connectivity index (χ1) is 11.3. The van der Waals surface area contributed by atoms with Crippen molar-refractivity contribution < 1.29 is 18.3 Å². The highest BCUT2D eigenvalue weighted by Crippen LogP contribution is 2.29. The van der Waals surface area contributed by atoms with E-state index >= 15 is 0 Å². The van der Waals surface area contributed by atoms with Gasteiger partial charge in [0.2, 0.25) is 5.95 Å². The Balaban J connectivity index is 2.22. The summed E-state index contributed by atoms with van der Waals surface area (Å²) in [7, 11) is 0. The monoisotopic (exact) mass is 340 g/mol. The number of hydrogen-bond donors (Lipinski definition) is 3. The maximum atomic E-state index is 13.0. The van der Waals surface area contributed by atoms with E-state index in [1.807, 2.05) is 31.2 Å². The lowest BCUT2D eigenvalue weighted by Gasteiger charge is -2.15. The van der Waals surface area contributed by atoms with Crippen molar-refractivity contribution in [3.8, 4) is 0 Å². The van der Waals surface area contributed by atoms with E-state index in [1.54, 1.807) is 6.92 Å². The number of aliphatic hydroxyl groups excluding tert-OH is 1. The molecule has 1 aromatic carbocycles. The number of nitrogens with one attached hydrogen (secondary N) is 2. The van der Waals surface area contributed by atoms with Crippen LogP contribution < -0.4 is 10.6 Å². The predicted molar refractivity (Wildman–Crippen MR) is 85.7 cm³/mol. The molecule has 3 N–H and O–H groups in total. The molecule has 2 rings (SSSR count). The summed E-state index contributed by atoms with van der Waals surface area (Å²) < 4.78 is 39.0. The Kier molecular flexibility index (Phi) is 5.61. The quantitative estimate of drug-likeness (QED) is 0.753. The SMILES string of the molecule is Cc1cccc(CNc2cc(C(F)(F)F)nc(N[C@H](C)CO)n2)c1. The number of halogens is 3. The summed E-state index contributed by atoms with van der Waals surface area (Å²) >= 11 is 0. The van der Waals surface area contributed by atoms with Crippen molar-refractivity contribution >= 4 is 11.8 Å². The van der Waals surface area contributed by atoms with E-state index in [0.29, 0.717) is 6.54 Å². The highest BCUT2D eigenvalue weighted by Gasteiger charge is 2.33. The largest absolute Gasteiger partial charge is 0.433 e. The van der Waals surface area contributed by atoms with Gasteiger partial charge in [0.05, 0.1) is 6.61 Å². The Morgan fingerprint density at radius 3 is 2.58 bits per heavy atom. The zero-order valence-electron chi connectivity index (χ0n) is 13.4.